The molecule has 26 heavy (non-hydrogen) atoms. The number of benzene rings is 2. The lowest BCUT2D eigenvalue weighted by molar-refractivity contribution is -0.914. The first-order valence-electron chi connectivity index (χ1n) is 8.90. The molecular weight excluding hydrogens is 336 g/mol. The maximum absolute atomic E-state index is 13.0. The van der Waals surface area contributed by atoms with E-state index in [1.54, 1.807) is 24.3 Å². The van der Waals surface area contributed by atoms with Gasteiger partial charge in [0.2, 0.25) is 0 Å². The van der Waals surface area contributed by atoms with Crippen molar-refractivity contribution >= 4 is 11.6 Å². The molecule has 2 aromatic carbocycles. The van der Waals surface area contributed by atoms with Gasteiger partial charge in [0.1, 0.15) is 11.6 Å². The Kier molecular flexibility index (Phi) is 5.83. The van der Waals surface area contributed by atoms with Gasteiger partial charge in [0.15, 0.2) is 6.04 Å². The van der Waals surface area contributed by atoms with Crippen LogP contribution in [0.5, 0.6) is 0 Å². The normalized spacial score (nSPS) is 16.3. The zero-order valence-corrected chi connectivity index (χ0v) is 14.8. The quantitative estimate of drug-likeness (QED) is 0.845. The zero-order chi connectivity index (χ0) is 18.5. The second-order valence-electron chi connectivity index (χ2n) is 6.69. The Hall–Kier alpha value is -2.47. The highest BCUT2D eigenvalue weighted by Gasteiger charge is 2.29. The second-order valence-corrected chi connectivity index (χ2v) is 6.69. The van der Waals surface area contributed by atoms with E-state index in [9.17, 15) is 13.6 Å². The summed E-state index contributed by atoms with van der Waals surface area (Å²) in [5.41, 5.74) is 1.89. The van der Waals surface area contributed by atoms with E-state index in [0.29, 0.717) is 6.54 Å². The molecule has 1 fully saturated rings. The van der Waals surface area contributed by atoms with Crippen LogP contribution in [0.2, 0.25) is 0 Å². The largest absolute Gasteiger partial charge is 0.360 e. The smallest absolute Gasteiger partial charge is 0.278 e. The van der Waals surface area contributed by atoms with Gasteiger partial charge in [-0.15, -0.1) is 0 Å². The molecule has 0 saturated carbocycles. The van der Waals surface area contributed by atoms with Crippen LogP contribution in [-0.4, -0.2) is 38.1 Å². The van der Waals surface area contributed by atoms with E-state index in [2.05, 4.69) is 10.2 Å². The number of amides is 1. The van der Waals surface area contributed by atoms with Gasteiger partial charge in [0.25, 0.3) is 5.91 Å². The molecule has 0 unspecified atom stereocenters. The van der Waals surface area contributed by atoms with Gasteiger partial charge in [0, 0.05) is 12.2 Å². The Morgan fingerprint density at radius 3 is 2.15 bits per heavy atom. The highest BCUT2D eigenvalue weighted by molar-refractivity contribution is 5.79. The molecule has 3 rings (SSSR count). The highest BCUT2D eigenvalue weighted by Crippen LogP contribution is 2.14. The minimum Gasteiger partial charge on any atom is -0.360 e. The molecule has 0 aromatic heterocycles. The van der Waals surface area contributed by atoms with Gasteiger partial charge in [-0.2, -0.15) is 0 Å². The molecule has 2 aromatic rings. The summed E-state index contributed by atoms with van der Waals surface area (Å²) in [7, 11) is 0. The molecule has 1 aliphatic heterocycles. The summed E-state index contributed by atoms with van der Waals surface area (Å²) >= 11 is 0. The van der Waals surface area contributed by atoms with Crippen LogP contribution >= 0.6 is 0 Å². The number of nitrogens with zero attached hydrogens (tertiary/aromatic N) is 1. The van der Waals surface area contributed by atoms with Crippen LogP contribution in [-0.2, 0) is 11.3 Å². The number of hydrogen-bond acceptors (Lipinski definition) is 2. The van der Waals surface area contributed by atoms with Gasteiger partial charge in [-0.1, -0.05) is 12.1 Å². The monoisotopic (exact) mass is 360 g/mol. The van der Waals surface area contributed by atoms with Gasteiger partial charge in [-0.3, -0.25) is 4.79 Å². The Morgan fingerprint density at radius 2 is 1.58 bits per heavy atom. The summed E-state index contributed by atoms with van der Waals surface area (Å²) in [5.74, 6) is -0.513. The van der Waals surface area contributed by atoms with Crippen LogP contribution in [0.4, 0.5) is 14.5 Å². The molecule has 0 aliphatic carbocycles. The number of quaternary nitrogens is 1. The summed E-state index contributed by atoms with van der Waals surface area (Å²) in [6.45, 7) is 5.69. The zero-order valence-electron chi connectivity index (χ0n) is 14.8. The molecule has 0 bridgehead atoms. The second kappa shape index (κ2) is 8.27. The van der Waals surface area contributed by atoms with Gasteiger partial charge in [-0.25, -0.2) is 8.78 Å². The fraction of sp³-hybridized carbons (Fsp3) is 0.350. The van der Waals surface area contributed by atoms with Gasteiger partial charge >= 0.3 is 0 Å². The van der Waals surface area contributed by atoms with E-state index >= 15 is 0 Å². The molecular formula is C20H24F2N3O+. The number of nitrogens with one attached hydrogen (secondary N) is 2. The Labute approximate surface area is 152 Å². The van der Waals surface area contributed by atoms with Crippen molar-refractivity contribution in [2.24, 2.45) is 0 Å². The minimum absolute atomic E-state index is 0.000410. The van der Waals surface area contributed by atoms with Crippen molar-refractivity contribution in [2.45, 2.75) is 19.5 Å². The van der Waals surface area contributed by atoms with Crippen molar-refractivity contribution in [1.82, 2.24) is 5.32 Å². The molecule has 0 spiro atoms. The lowest BCUT2D eigenvalue weighted by Crippen LogP contribution is -3.19. The van der Waals surface area contributed by atoms with Crippen molar-refractivity contribution in [1.29, 1.82) is 0 Å². The van der Waals surface area contributed by atoms with Gasteiger partial charge in [-0.05, 0) is 48.9 Å². The van der Waals surface area contributed by atoms with Crippen LogP contribution in [0.25, 0.3) is 0 Å². The molecule has 1 aliphatic rings. The van der Waals surface area contributed by atoms with Crippen LogP contribution < -0.4 is 15.1 Å². The number of anilines is 1. The first-order chi connectivity index (χ1) is 12.5. The van der Waals surface area contributed by atoms with E-state index < -0.39 is 0 Å². The minimum atomic E-state index is -0.281. The molecule has 138 valence electrons. The fourth-order valence-electron chi connectivity index (χ4n) is 3.27. The van der Waals surface area contributed by atoms with Crippen molar-refractivity contribution in [3.8, 4) is 0 Å². The average molecular weight is 360 g/mol. The predicted octanol–water partition coefficient (Wildman–Crippen LogP) is 1.37. The van der Waals surface area contributed by atoms with E-state index in [-0.39, 0.29) is 23.6 Å². The van der Waals surface area contributed by atoms with Gasteiger partial charge in [0.05, 0.1) is 26.2 Å². The van der Waals surface area contributed by atoms with E-state index in [1.807, 2.05) is 6.92 Å². The number of rotatable bonds is 5. The molecule has 4 nitrogen and oxygen atoms in total. The van der Waals surface area contributed by atoms with Crippen molar-refractivity contribution in [3.05, 3.63) is 65.7 Å². The van der Waals surface area contributed by atoms with E-state index in [4.69, 9.17) is 0 Å². The van der Waals surface area contributed by atoms with Crippen LogP contribution in [0.15, 0.2) is 48.5 Å². The van der Waals surface area contributed by atoms with Crippen LogP contribution in [0.3, 0.4) is 0 Å². The topological polar surface area (TPSA) is 36.8 Å². The van der Waals surface area contributed by atoms with E-state index in [1.165, 1.54) is 29.2 Å². The number of hydrogen-bond donors (Lipinski definition) is 2. The number of piperazine rings is 1. The maximum atomic E-state index is 13.0. The molecule has 0 radical (unpaired) electrons. The first-order valence-corrected chi connectivity index (χ1v) is 8.90. The SMILES string of the molecule is C[C@@H](C(=O)NCc1ccc(F)cc1)[NH+]1CCN(c2ccc(F)cc2)CC1. The Balaban J connectivity index is 1.48. The number of halogens is 2. The predicted molar refractivity (Wildman–Crippen MR) is 97.0 cm³/mol. The summed E-state index contributed by atoms with van der Waals surface area (Å²) in [4.78, 5) is 15.9. The van der Waals surface area contributed by atoms with Crippen molar-refractivity contribution < 1.29 is 18.5 Å². The summed E-state index contributed by atoms with van der Waals surface area (Å²) in [6, 6.07) is 12.5. The lowest BCUT2D eigenvalue weighted by atomic mass is 10.2. The van der Waals surface area contributed by atoms with Crippen LogP contribution in [0.1, 0.15) is 12.5 Å². The molecule has 1 atom stereocenters. The lowest BCUT2D eigenvalue weighted by Gasteiger charge is -2.36. The first kappa shape index (κ1) is 18.3. The standard InChI is InChI=1S/C20H23F2N3O/c1-15(20(26)23-14-16-2-4-17(21)5-3-16)24-10-12-25(13-11-24)19-8-6-18(22)7-9-19/h2-9,15H,10-14H2,1H3,(H,23,26)/p+1/t15-/m0/s1. The van der Waals surface area contributed by atoms with Crippen molar-refractivity contribution in [2.75, 3.05) is 31.1 Å². The summed E-state index contributed by atoms with van der Waals surface area (Å²) in [5, 5.41) is 2.93. The van der Waals surface area contributed by atoms with Gasteiger partial charge < -0.3 is 15.1 Å². The fourth-order valence-corrected chi connectivity index (χ4v) is 3.27. The Bertz CT molecular complexity index is 726. The number of carbonyl (C=O) groups excluding carboxylic acids is 1. The van der Waals surface area contributed by atoms with E-state index in [0.717, 1.165) is 37.4 Å². The molecule has 2 N–H and O–H groups in total. The van der Waals surface area contributed by atoms with Crippen molar-refractivity contribution in [3.63, 3.8) is 0 Å². The molecule has 6 heteroatoms. The molecule has 1 amide bonds. The maximum Gasteiger partial charge on any atom is 0.278 e. The third-order valence-electron chi connectivity index (χ3n) is 4.98. The summed E-state index contributed by atoms with van der Waals surface area (Å²) < 4.78 is 26.0. The summed E-state index contributed by atoms with van der Waals surface area (Å²) in [6.07, 6.45) is 0. The molecule has 1 heterocycles. The average Bonchev–Trinajstić information content (AvgIpc) is 2.67. The Morgan fingerprint density at radius 1 is 1.04 bits per heavy atom. The number of carbonyl (C=O) groups is 1. The third kappa shape index (κ3) is 4.58. The highest BCUT2D eigenvalue weighted by atomic mass is 19.1. The third-order valence-corrected chi connectivity index (χ3v) is 4.98. The van der Waals surface area contributed by atoms with Crippen LogP contribution in [0, 0.1) is 11.6 Å². The molecule has 1 saturated heterocycles.